The Bertz CT molecular complexity index is 1280. The van der Waals surface area contributed by atoms with E-state index in [0.29, 0.717) is 0 Å². The third-order valence-electron chi connectivity index (χ3n) is 6.96. The van der Waals surface area contributed by atoms with Crippen LogP contribution in [-0.4, -0.2) is 14.8 Å². The van der Waals surface area contributed by atoms with E-state index in [0.717, 1.165) is 23.6 Å². The first-order valence-electron chi connectivity index (χ1n) is 12.3. The molecule has 0 aliphatic rings. The Balaban J connectivity index is 1.97. The van der Waals surface area contributed by atoms with E-state index in [2.05, 4.69) is 127 Å². The number of hydrogen-bond donors (Lipinski definition) is 0. The lowest BCUT2D eigenvalue weighted by atomic mass is 9.84. The maximum atomic E-state index is 4.78. The van der Waals surface area contributed by atoms with Crippen molar-refractivity contribution in [3.63, 3.8) is 0 Å². The zero-order valence-electron chi connectivity index (χ0n) is 21.9. The fourth-order valence-corrected chi connectivity index (χ4v) is 4.49. The van der Waals surface area contributed by atoms with E-state index in [1.165, 1.54) is 33.5 Å². The maximum absolute atomic E-state index is 4.78. The van der Waals surface area contributed by atoms with Gasteiger partial charge in [0, 0.05) is 11.0 Å². The average Bonchev–Trinajstić information content (AvgIpc) is 3.24. The third-order valence-corrected chi connectivity index (χ3v) is 6.96. The summed E-state index contributed by atoms with van der Waals surface area (Å²) in [4.78, 5) is 0. The normalized spacial score (nSPS) is 12.2. The summed E-state index contributed by atoms with van der Waals surface area (Å²) < 4.78 is 2.31. The van der Waals surface area contributed by atoms with Gasteiger partial charge in [-0.3, -0.25) is 4.57 Å². The molecule has 3 aromatic carbocycles. The molecule has 3 nitrogen and oxygen atoms in total. The molecule has 0 aliphatic heterocycles. The van der Waals surface area contributed by atoms with Gasteiger partial charge in [0.15, 0.2) is 5.82 Å². The average molecular weight is 452 g/mol. The molecule has 0 saturated carbocycles. The molecule has 0 amide bonds. The van der Waals surface area contributed by atoms with Crippen molar-refractivity contribution in [1.29, 1.82) is 0 Å². The smallest absolute Gasteiger partial charge is 0.168 e. The van der Waals surface area contributed by atoms with Gasteiger partial charge in [0.05, 0.1) is 5.69 Å². The van der Waals surface area contributed by atoms with Crippen molar-refractivity contribution >= 4 is 0 Å². The van der Waals surface area contributed by atoms with Crippen molar-refractivity contribution in [2.24, 2.45) is 0 Å². The van der Waals surface area contributed by atoms with Crippen LogP contribution in [0.4, 0.5) is 0 Å². The van der Waals surface area contributed by atoms with Gasteiger partial charge in [-0.1, -0.05) is 102 Å². The van der Waals surface area contributed by atoms with Crippen LogP contribution in [-0.2, 0) is 10.8 Å². The van der Waals surface area contributed by atoms with E-state index in [1.54, 1.807) is 0 Å². The SMILES string of the molecule is CCC(C)(C)c1nnc(-c2cccc(-c3ccccc3)c2)n1-c1c(C)cc(C(C)(C)C)cc1C. The minimum Gasteiger partial charge on any atom is -0.278 e. The molecule has 1 heterocycles. The van der Waals surface area contributed by atoms with E-state index >= 15 is 0 Å². The molecule has 1 aromatic heterocycles. The molecule has 0 spiro atoms. The van der Waals surface area contributed by atoms with Crippen LogP contribution in [0.3, 0.4) is 0 Å². The van der Waals surface area contributed by atoms with Crippen LogP contribution >= 0.6 is 0 Å². The number of nitrogens with zero attached hydrogens (tertiary/aromatic N) is 3. The molecule has 4 aromatic rings. The van der Waals surface area contributed by atoms with Crippen LogP contribution in [0.1, 0.15) is 70.5 Å². The lowest BCUT2D eigenvalue weighted by Crippen LogP contribution is -2.23. The second-order valence-electron chi connectivity index (χ2n) is 11.1. The highest BCUT2D eigenvalue weighted by Crippen LogP contribution is 2.36. The zero-order chi connectivity index (χ0) is 24.7. The molecule has 4 rings (SSSR count). The Hall–Kier alpha value is -3.20. The summed E-state index contributed by atoms with van der Waals surface area (Å²) >= 11 is 0. The molecule has 0 atom stereocenters. The summed E-state index contributed by atoms with van der Waals surface area (Å²) in [6.07, 6.45) is 0.980. The van der Waals surface area contributed by atoms with E-state index in [9.17, 15) is 0 Å². The second kappa shape index (κ2) is 8.87. The van der Waals surface area contributed by atoms with Gasteiger partial charge in [-0.25, -0.2) is 0 Å². The molecule has 0 N–H and O–H groups in total. The third kappa shape index (κ3) is 4.44. The number of hydrogen-bond acceptors (Lipinski definition) is 2. The Labute approximate surface area is 204 Å². The summed E-state index contributed by atoms with van der Waals surface area (Å²) in [5.41, 5.74) is 8.48. The lowest BCUT2D eigenvalue weighted by molar-refractivity contribution is 0.464. The summed E-state index contributed by atoms with van der Waals surface area (Å²) in [5, 5.41) is 9.56. The minimum atomic E-state index is -0.107. The second-order valence-corrected chi connectivity index (χ2v) is 11.1. The number of benzene rings is 3. The van der Waals surface area contributed by atoms with E-state index in [-0.39, 0.29) is 10.8 Å². The van der Waals surface area contributed by atoms with Crippen LogP contribution in [0, 0.1) is 13.8 Å². The first-order chi connectivity index (χ1) is 16.0. The van der Waals surface area contributed by atoms with Gasteiger partial charge in [0.25, 0.3) is 0 Å². The van der Waals surface area contributed by atoms with Crippen LogP contribution in [0.5, 0.6) is 0 Å². The molecule has 3 heteroatoms. The van der Waals surface area contributed by atoms with Gasteiger partial charge in [0.1, 0.15) is 5.82 Å². The Morgan fingerprint density at radius 3 is 1.88 bits per heavy atom. The minimum absolute atomic E-state index is 0.0968. The predicted molar refractivity (Wildman–Crippen MR) is 144 cm³/mol. The highest BCUT2D eigenvalue weighted by Gasteiger charge is 2.30. The van der Waals surface area contributed by atoms with Crippen molar-refractivity contribution in [3.8, 4) is 28.2 Å². The first-order valence-corrected chi connectivity index (χ1v) is 12.3. The molecule has 0 unspecified atom stereocenters. The van der Waals surface area contributed by atoms with Crippen LogP contribution < -0.4 is 0 Å². The molecule has 0 radical (unpaired) electrons. The van der Waals surface area contributed by atoms with Gasteiger partial charge >= 0.3 is 0 Å². The van der Waals surface area contributed by atoms with Crippen LogP contribution in [0.2, 0.25) is 0 Å². The Kier molecular flexibility index (Phi) is 6.24. The molecule has 0 saturated heterocycles. The van der Waals surface area contributed by atoms with Gasteiger partial charge in [-0.15, -0.1) is 10.2 Å². The largest absolute Gasteiger partial charge is 0.278 e. The standard InChI is InChI=1S/C31H37N3/c1-9-31(7,8)29-33-32-28(25-17-13-16-24(20-25)23-14-11-10-12-15-23)34(29)27-21(2)18-26(19-22(27)3)30(4,5)6/h10-20H,9H2,1-8H3. The van der Waals surface area contributed by atoms with Crippen molar-refractivity contribution in [1.82, 2.24) is 14.8 Å². The van der Waals surface area contributed by atoms with E-state index < -0.39 is 0 Å². The monoisotopic (exact) mass is 451 g/mol. The molecule has 34 heavy (non-hydrogen) atoms. The number of aromatic nitrogens is 3. The molecular weight excluding hydrogens is 414 g/mol. The molecule has 0 bridgehead atoms. The number of rotatable bonds is 5. The highest BCUT2D eigenvalue weighted by molar-refractivity contribution is 5.71. The van der Waals surface area contributed by atoms with Crippen molar-refractivity contribution < 1.29 is 0 Å². The van der Waals surface area contributed by atoms with Crippen LogP contribution in [0.15, 0.2) is 66.7 Å². The summed E-state index contributed by atoms with van der Waals surface area (Å²) in [6.45, 7) is 18.0. The van der Waals surface area contributed by atoms with Gasteiger partial charge in [-0.2, -0.15) is 0 Å². The Morgan fingerprint density at radius 1 is 0.706 bits per heavy atom. The fourth-order valence-electron chi connectivity index (χ4n) is 4.49. The van der Waals surface area contributed by atoms with E-state index in [1.807, 2.05) is 0 Å². The number of aryl methyl sites for hydroxylation is 2. The zero-order valence-corrected chi connectivity index (χ0v) is 21.9. The van der Waals surface area contributed by atoms with Crippen molar-refractivity contribution in [2.75, 3.05) is 0 Å². The van der Waals surface area contributed by atoms with E-state index in [4.69, 9.17) is 10.2 Å². The molecule has 0 fully saturated rings. The van der Waals surface area contributed by atoms with Gasteiger partial charge in [0.2, 0.25) is 0 Å². The summed E-state index contributed by atoms with van der Waals surface area (Å²) in [7, 11) is 0. The Morgan fingerprint density at radius 2 is 1.29 bits per heavy atom. The van der Waals surface area contributed by atoms with Gasteiger partial charge in [-0.05, 0) is 59.6 Å². The highest BCUT2D eigenvalue weighted by atomic mass is 15.3. The lowest BCUT2D eigenvalue weighted by Gasteiger charge is -2.27. The fraction of sp³-hybridized carbons (Fsp3) is 0.355. The summed E-state index contributed by atoms with van der Waals surface area (Å²) in [5.74, 6) is 1.90. The maximum Gasteiger partial charge on any atom is 0.168 e. The first kappa shape index (κ1) is 23.9. The topological polar surface area (TPSA) is 30.7 Å². The predicted octanol–water partition coefficient (Wildman–Crippen LogP) is 8.20. The molecule has 0 aliphatic carbocycles. The van der Waals surface area contributed by atoms with Crippen LogP contribution in [0.25, 0.3) is 28.2 Å². The summed E-state index contributed by atoms with van der Waals surface area (Å²) in [6, 6.07) is 23.8. The van der Waals surface area contributed by atoms with Crippen molar-refractivity contribution in [3.05, 3.63) is 89.2 Å². The molecular formula is C31H37N3. The molecule has 176 valence electrons. The van der Waals surface area contributed by atoms with Crippen molar-refractivity contribution in [2.45, 2.75) is 72.6 Å². The quantitative estimate of drug-likeness (QED) is 0.306. The van der Waals surface area contributed by atoms with Gasteiger partial charge < -0.3 is 0 Å².